The Labute approximate surface area is 105 Å². The predicted molar refractivity (Wildman–Crippen MR) is 67.8 cm³/mol. The first-order valence-corrected chi connectivity index (χ1v) is 6.01. The van der Waals surface area contributed by atoms with E-state index in [0.717, 1.165) is 34.9 Å². The van der Waals surface area contributed by atoms with Gasteiger partial charge in [0.2, 0.25) is 0 Å². The van der Waals surface area contributed by atoms with Crippen LogP contribution >= 0.6 is 0 Å². The lowest BCUT2D eigenvalue weighted by molar-refractivity contribution is 0.171. The highest BCUT2D eigenvalue weighted by molar-refractivity contribution is 5.66. The molecule has 1 aromatic heterocycles. The topological polar surface area (TPSA) is 73.2 Å². The van der Waals surface area contributed by atoms with Gasteiger partial charge in [0.1, 0.15) is 13.2 Å². The van der Waals surface area contributed by atoms with Crippen molar-refractivity contribution in [1.29, 1.82) is 0 Å². The third-order valence-corrected chi connectivity index (χ3v) is 2.93. The van der Waals surface area contributed by atoms with Crippen molar-refractivity contribution in [3.8, 4) is 22.8 Å². The number of benzene rings is 1. The molecule has 0 saturated carbocycles. The smallest absolute Gasteiger partial charge is 0.162 e. The summed E-state index contributed by atoms with van der Waals surface area (Å²) in [6.07, 6.45) is 2.47. The molecular formula is C13H15N3O2. The molecule has 0 spiro atoms. The van der Waals surface area contributed by atoms with Crippen LogP contribution in [0.25, 0.3) is 11.3 Å². The maximum Gasteiger partial charge on any atom is 0.162 e. The van der Waals surface area contributed by atoms with Crippen molar-refractivity contribution in [2.75, 3.05) is 19.8 Å². The van der Waals surface area contributed by atoms with Crippen LogP contribution < -0.4 is 15.2 Å². The third-order valence-electron chi connectivity index (χ3n) is 2.93. The number of nitrogens with one attached hydrogen (secondary N) is 1. The second kappa shape index (κ2) is 4.70. The summed E-state index contributed by atoms with van der Waals surface area (Å²) in [5.41, 5.74) is 8.58. The van der Waals surface area contributed by atoms with Gasteiger partial charge in [-0.3, -0.25) is 0 Å². The molecule has 3 rings (SSSR count). The van der Waals surface area contributed by atoms with Gasteiger partial charge < -0.3 is 20.2 Å². The van der Waals surface area contributed by atoms with Crippen LogP contribution in [0.15, 0.2) is 24.5 Å². The summed E-state index contributed by atoms with van der Waals surface area (Å²) in [6.45, 7) is 1.79. The normalized spacial score (nSPS) is 13.6. The van der Waals surface area contributed by atoms with Crippen LogP contribution in [0.1, 0.15) is 5.69 Å². The van der Waals surface area contributed by atoms with Gasteiger partial charge in [-0.1, -0.05) is 0 Å². The number of hydrogen-bond donors (Lipinski definition) is 2. The molecule has 3 N–H and O–H groups in total. The second-order valence-electron chi connectivity index (χ2n) is 4.13. The molecule has 1 aliphatic heterocycles. The summed E-state index contributed by atoms with van der Waals surface area (Å²) >= 11 is 0. The molecule has 18 heavy (non-hydrogen) atoms. The molecule has 1 aliphatic rings. The van der Waals surface area contributed by atoms with E-state index in [2.05, 4.69) is 9.97 Å². The van der Waals surface area contributed by atoms with Crippen molar-refractivity contribution in [3.63, 3.8) is 0 Å². The molecule has 94 valence electrons. The molecule has 5 nitrogen and oxygen atoms in total. The number of aromatic nitrogens is 2. The molecule has 0 unspecified atom stereocenters. The maximum absolute atomic E-state index is 5.59. The van der Waals surface area contributed by atoms with Gasteiger partial charge in [-0.25, -0.2) is 4.98 Å². The molecule has 2 aromatic rings. The van der Waals surface area contributed by atoms with Crippen LogP contribution in [0, 0.1) is 0 Å². The number of nitrogens with zero attached hydrogens (tertiary/aromatic N) is 1. The number of imidazole rings is 1. The molecule has 0 bridgehead atoms. The van der Waals surface area contributed by atoms with Crippen LogP contribution in [-0.4, -0.2) is 29.7 Å². The Hall–Kier alpha value is -2.01. The molecule has 1 aromatic carbocycles. The zero-order valence-electron chi connectivity index (χ0n) is 9.98. The Morgan fingerprint density at radius 1 is 1.22 bits per heavy atom. The van der Waals surface area contributed by atoms with Crippen LogP contribution in [0.3, 0.4) is 0 Å². The third kappa shape index (κ3) is 1.93. The zero-order chi connectivity index (χ0) is 12.4. The van der Waals surface area contributed by atoms with Gasteiger partial charge >= 0.3 is 0 Å². The van der Waals surface area contributed by atoms with Gasteiger partial charge in [-0.05, 0) is 24.7 Å². The lowest BCUT2D eigenvalue weighted by Gasteiger charge is -2.18. The molecule has 0 amide bonds. The summed E-state index contributed by atoms with van der Waals surface area (Å²) in [5, 5.41) is 0. The van der Waals surface area contributed by atoms with Gasteiger partial charge in [0, 0.05) is 17.7 Å². The molecule has 0 radical (unpaired) electrons. The average molecular weight is 245 g/mol. The van der Waals surface area contributed by atoms with E-state index < -0.39 is 0 Å². The van der Waals surface area contributed by atoms with Crippen molar-refractivity contribution >= 4 is 0 Å². The van der Waals surface area contributed by atoms with E-state index in [1.807, 2.05) is 18.2 Å². The van der Waals surface area contributed by atoms with E-state index >= 15 is 0 Å². The van der Waals surface area contributed by atoms with Crippen LogP contribution in [0.4, 0.5) is 0 Å². The Morgan fingerprint density at radius 2 is 2.06 bits per heavy atom. The summed E-state index contributed by atoms with van der Waals surface area (Å²) in [4.78, 5) is 7.47. The van der Waals surface area contributed by atoms with E-state index in [4.69, 9.17) is 15.2 Å². The van der Waals surface area contributed by atoms with E-state index in [-0.39, 0.29) is 0 Å². The van der Waals surface area contributed by atoms with E-state index in [0.29, 0.717) is 19.8 Å². The SMILES string of the molecule is NCCc1[nH]cnc1-c1ccc2c(c1)OCCO2. The number of hydrogen-bond acceptors (Lipinski definition) is 4. The first-order valence-electron chi connectivity index (χ1n) is 6.01. The summed E-state index contributed by atoms with van der Waals surface area (Å²) in [6, 6.07) is 5.87. The number of aromatic amines is 1. The Kier molecular flexibility index (Phi) is 2.90. The van der Waals surface area contributed by atoms with Crippen molar-refractivity contribution in [2.24, 2.45) is 5.73 Å². The number of H-pyrrole nitrogens is 1. The predicted octanol–water partition coefficient (Wildman–Crippen LogP) is 1.35. The lowest BCUT2D eigenvalue weighted by Crippen LogP contribution is -2.15. The fourth-order valence-electron chi connectivity index (χ4n) is 2.10. The minimum Gasteiger partial charge on any atom is -0.486 e. The second-order valence-corrected chi connectivity index (χ2v) is 4.13. The van der Waals surface area contributed by atoms with Crippen LogP contribution in [0.2, 0.25) is 0 Å². The van der Waals surface area contributed by atoms with Gasteiger partial charge in [0.15, 0.2) is 11.5 Å². The van der Waals surface area contributed by atoms with Crippen molar-refractivity contribution < 1.29 is 9.47 Å². The Balaban J connectivity index is 1.98. The van der Waals surface area contributed by atoms with Crippen LogP contribution in [-0.2, 0) is 6.42 Å². The van der Waals surface area contributed by atoms with Crippen molar-refractivity contribution in [2.45, 2.75) is 6.42 Å². The van der Waals surface area contributed by atoms with E-state index in [1.165, 1.54) is 0 Å². The van der Waals surface area contributed by atoms with Crippen LogP contribution in [0.5, 0.6) is 11.5 Å². The largest absolute Gasteiger partial charge is 0.486 e. The number of ether oxygens (including phenoxy) is 2. The lowest BCUT2D eigenvalue weighted by atomic mass is 10.1. The molecule has 5 heteroatoms. The highest BCUT2D eigenvalue weighted by Crippen LogP contribution is 2.34. The minimum absolute atomic E-state index is 0.590. The summed E-state index contributed by atoms with van der Waals surface area (Å²) in [7, 11) is 0. The van der Waals surface area contributed by atoms with E-state index in [1.54, 1.807) is 6.33 Å². The van der Waals surface area contributed by atoms with Crippen molar-refractivity contribution in [1.82, 2.24) is 9.97 Å². The monoisotopic (exact) mass is 245 g/mol. The highest BCUT2D eigenvalue weighted by Gasteiger charge is 2.14. The molecular weight excluding hydrogens is 230 g/mol. The first-order chi connectivity index (χ1) is 8.88. The maximum atomic E-state index is 5.59. The minimum atomic E-state index is 0.590. The summed E-state index contributed by atoms with van der Waals surface area (Å²) in [5.74, 6) is 1.57. The zero-order valence-corrected chi connectivity index (χ0v) is 9.98. The fourth-order valence-corrected chi connectivity index (χ4v) is 2.10. The van der Waals surface area contributed by atoms with Gasteiger partial charge in [0.25, 0.3) is 0 Å². The van der Waals surface area contributed by atoms with Gasteiger partial charge in [-0.15, -0.1) is 0 Å². The highest BCUT2D eigenvalue weighted by atomic mass is 16.6. The standard InChI is InChI=1S/C13H15N3O2/c14-4-3-10-13(16-8-15-10)9-1-2-11-12(7-9)18-6-5-17-11/h1-2,7-8H,3-6,14H2,(H,15,16). The molecule has 0 aliphatic carbocycles. The van der Waals surface area contributed by atoms with Crippen molar-refractivity contribution in [3.05, 3.63) is 30.2 Å². The fraction of sp³-hybridized carbons (Fsp3) is 0.308. The number of fused-ring (bicyclic) bond motifs is 1. The average Bonchev–Trinajstić information content (AvgIpc) is 2.87. The molecule has 0 saturated heterocycles. The quantitative estimate of drug-likeness (QED) is 0.856. The first kappa shape index (κ1) is 11.1. The molecule has 2 heterocycles. The van der Waals surface area contributed by atoms with E-state index in [9.17, 15) is 0 Å². The Morgan fingerprint density at radius 3 is 2.89 bits per heavy atom. The molecule has 0 fully saturated rings. The number of nitrogens with two attached hydrogens (primary N) is 1. The van der Waals surface area contributed by atoms with Gasteiger partial charge in [-0.2, -0.15) is 0 Å². The summed E-state index contributed by atoms with van der Waals surface area (Å²) < 4.78 is 11.1. The number of rotatable bonds is 3. The molecule has 0 atom stereocenters. The Bertz CT molecular complexity index is 551. The van der Waals surface area contributed by atoms with Gasteiger partial charge in [0.05, 0.1) is 12.0 Å².